The first-order chi connectivity index (χ1) is 8.69. The molecule has 0 bridgehead atoms. The summed E-state index contributed by atoms with van der Waals surface area (Å²) >= 11 is 0. The minimum Gasteiger partial charge on any atom is -0.453 e. The van der Waals surface area contributed by atoms with Gasteiger partial charge >= 0.3 is 6.09 Å². The summed E-state index contributed by atoms with van der Waals surface area (Å²) in [6.45, 7) is 0. The van der Waals surface area contributed by atoms with Crippen LogP contribution in [-0.4, -0.2) is 28.2 Å². The number of nitrogens with two attached hydrogens (primary N) is 1. The fraction of sp³-hybridized carbons (Fsp3) is 0.0909. The Balaban J connectivity index is 2.35. The van der Waals surface area contributed by atoms with Crippen molar-refractivity contribution in [2.45, 2.75) is 0 Å². The average Bonchev–Trinajstić information content (AvgIpc) is 2.39. The molecular formula is C11H11N5O2. The van der Waals surface area contributed by atoms with Gasteiger partial charge in [-0.1, -0.05) is 30.3 Å². The van der Waals surface area contributed by atoms with Crippen LogP contribution in [0.5, 0.6) is 0 Å². The number of carbonyl (C=O) groups is 1. The molecule has 3 N–H and O–H groups in total. The highest BCUT2D eigenvalue weighted by Crippen LogP contribution is 2.16. The molecule has 1 heterocycles. The number of carbonyl (C=O) groups excluding carboxylic acids is 1. The Bertz CT molecular complexity index is 559. The maximum Gasteiger partial charge on any atom is 0.413 e. The van der Waals surface area contributed by atoms with Gasteiger partial charge in [-0.15, -0.1) is 0 Å². The Morgan fingerprint density at radius 3 is 2.61 bits per heavy atom. The fourth-order valence-corrected chi connectivity index (χ4v) is 1.31. The van der Waals surface area contributed by atoms with Crippen molar-refractivity contribution in [1.82, 2.24) is 15.0 Å². The molecule has 0 aliphatic heterocycles. The monoisotopic (exact) mass is 245 g/mol. The van der Waals surface area contributed by atoms with Crippen molar-refractivity contribution in [3.05, 3.63) is 30.3 Å². The number of aromatic nitrogens is 3. The van der Waals surface area contributed by atoms with E-state index in [9.17, 15) is 4.79 Å². The van der Waals surface area contributed by atoms with E-state index in [-0.39, 0.29) is 11.9 Å². The molecule has 2 rings (SSSR count). The number of rotatable bonds is 2. The van der Waals surface area contributed by atoms with Crippen molar-refractivity contribution in [2.75, 3.05) is 18.2 Å². The van der Waals surface area contributed by atoms with Gasteiger partial charge in [0.25, 0.3) is 0 Å². The van der Waals surface area contributed by atoms with Crippen LogP contribution in [0.25, 0.3) is 11.4 Å². The number of hydrogen-bond acceptors (Lipinski definition) is 6. The highest BCUT2D eigenvalue weighted by atomic mass is 16.5. The first-order valence-electron chi connectivity index (χ1n) is 5.11. The minimum absolute atomic E-state index is 0.0234. The number of methoxy groups -OCH3 is 1. The largest absolute Gasteiger partial charge is 0.453 e. The molecule has 1 aromatic carbocycles. The Morgan fingerprint density at radius 2 is 1.94 bits per heavy atom. The summed E-state index contributed by atoms with van der Waals surface area (Å²) in [5.74, 6) is 0.456. The first kappa shape index (κ1) is 11.8. The van der Waals surface area contributed by atoms with E-state index in [1.54, 1.807) is 0 Å². The lowest BCUT2D eigenvalue weighted by molar-refractivity contribution is 0.186. The number of ether oxygens (including phenoxy) is 1. The number of amides is 1. The normalized spacial score (nSPS) is 9.83. The molecule has 1 aromatic heterocycles. The summed E-state index contributed by atoms with van der Waals surface area (Å²) < 4.78 is 4.45. The van der Waals surface area contributed by atoms with Gasteiger partial charge in [-0.05, 0) is 0 Å². The van der Waals surface area contributed by atoms with Crippen LogP contribution in [0.15, 0.2) is 30.3 Å². The molecule has 0 aliphatic rings. The zero-order valence-electron chi connectivity index (χ0n) is 9.62. The maximum absolute atomic E-state index is 11.1. The zero-order valence-corrected chi connectivity index (χ0v) is 9.62. The van der Waals surface area contributed by atoms with E-state index in [1.165, 1.54) is 7.11 Å². The Labute approximate surface area is 103 Å². The number of nitrogen functional groups attached to an aromatic ring is 1. The van der Waals surface area contributed by atoms with Crippen LogP contribution < -0.4 is 11.1 Å². The standard InChI is InChI=1S/C11H11N5O2/c1-18-11(17)16-10-14-8(13-9(12)15-10)7-5-3-2-4-6-7/h2-6H,1H3,(H3,12,13,14,15,16,17). The molecule has 18 heavy (non-hydrogen) atoms. The number of nitrogens with one attached hydrogen (secondary N) is 1. The second kappa shape index (κ2) is 5.09. The van der Waals surface area contributed by atoms with E-state index in [0.717, 1.165) is 5.56 Å². The first-order valence-corrected chi connectivity index (χ1v) is 5.11. The van der Waals surface area contributed by atoms with Crippen molar-refractivity contribution in [2.24, 2.45) is 0 Å². The summed E-state index contributed by atoms with van der Waals surface area (Å²) in [4.78, 5) is 22.9. The molecule has 0 spiro atoms. The van der Waals surface area contributed by atoms with Gasteiger partial charge < -0.3 is 10.5 Å². The van der Waals surface area contributed by atoms with Gasteiger partial charge in [0, 0.05) is 5.56 Å². The third-order valence-corrected chi connectivity index (χ3v) is 2.08. The van der Waals surface area contributed by atoms with E-state index < -0.39 is 6.09 Å². The van der Waals surface area contributed by atoms with E-state index in [4.69, 9.17) is 5.73 Å². The number of benzene rings is 1. The number of anilines is 2. The molecule has 0 aliphatic carbocycles. The van der Waals surface area contributed by atoms with Crippen molar-refractivity contribution < 1.29 is 9.53 Å². The summed E-state index contributed by atoms with van der Waals surface area (Å²) in [7, 11) is 1.25. The molecule has 2 aromatic rings. The summed E-state index contributed by atoms with van der Waals surface area (Å²) in [5.41, 5.74) is 6.34. The van der Waals surface area contributed by atoms with Crippen LogP contribution in [0.3, 0.4) is 0 Å². The number of nitrogens with zero attached hydrogens (tertiary/aromatic N) is 3. The van der Waals surface area contributed by atoms with Gasteiger partial charge in [0.15, 0.2) is 5.82 Å². The molecule has 1 amide bonds. The molecule has 0 radical (unpaired) electrons. The predicted octanol–water partition coefficient (Wildman–Crippen LogP) is 1.30. The highest BCUT2D eigenvalue weighted by Gasteiger charge is 2.09. The maximum atomic E-state index is 11.1. The smallest absolute Gasteiger partial charge is 0.413 e. The summed E-state index contributed by atoms with van der Waals surface area (Å²) in [6, 6.07) is 9.24. The van der Waals surface area contributed by atoms with Crippen LogP contribution in [0, 0.1) is 0 Å². The van der Waals surface area contributed by atoms with Crippen LogP contribution in [0.4, 0.5) is 16.7 Å². The minimum atomic E-state index is -0.667. The molecule has 0 atom stereocenters. The lowest BCUT2D eigenvalue weighted by atomic mass is 10.2. The second-order valence-corrected chi connectivity index (χ2v) is 3.32. The van der Waals surface area contributed by atoms with E-state index in [1.807, 2.05) is 30.3 Å². The summed E-state index contributed by atoms with van der Waals surface area (Å²) in [5, 5.41) is 2.34. The van der Waals surface area contributed by atoms with Gasteiger partial charge in [-0.25, -0.2) is 4.79 Å². The zero-order chi connectivity index (χ0) is 13.0. The van der Waals surface area contributed by atoms with Crippen LogP contribution in [-0.2, 0) is 4.74 Å². The summed E-state index contributed by atoms with van der Waals surface area (Å²) in [6.07, 6.45) is -0.667. The molecule has 7 nitrogen and oxygen atoms in total. The van der Waals surface area contributed by atoms with Gasteiger partial charge in [0.1, 0.15) is 0 Å². The van der Waals surface area contributed by atoms with Gasteiger partial charge in [-0.3, -0.25) is 5.32 Å². The van der Waals surface area contributed by atoms with E-state index in [2.05, 4.69) is 25.0 Å². The lowest BCUT2D eigenvalue weighted by Crippen LogP contribution is -2.15. The molecule has 0 unspecified atom stereocenters. The SMILES string of the molecule is COC(=O)Nc1nc(N)nc(-c2ccccc2)n1. The van der Waals surface area contributed by atoms with Gasteiger partial charge in [0.2, 0.25) is 11.9 Å². The molecule has 0 saturated carbocycles. The Hall–Kier alpha value is -2.70. The van der Waals surface area contributed by atoms with Crippen LogP contribution in [0.2, 0.25) is 0 Å². The highest BCUT2D eigenvalue weighted by molar-refractivity contribution is 5.82. The molecule has 7 heteroatoms. The quantitative estimate of drug-likeness (QED) is 0.826. The van der Waals surface area contributed by atoms with E-state index in [0.29, 0.717) is 5.82 Å². The van der Waals surface area contributed by atoms with Crippen molar-refractivity contribution >= 4 is 18.0 Å². The van der Waals surface area contributed by atoms with Gasteiger partial charge in [0.05, 0.1) is 7.11 Å². The molecule has 0 fully saturated rings. The fourth-order valence-electron chi connectivity index (χ4n) is 1.31. The third kappa shape index (κ3) is 2.70. The third-order valence-electron chi connectivity index (χ3n) is 2.08. The van der Waals surface area contributed by atoms with Crippen LogP contribution in [0.1, 0.15) is 0 Å². The predicted molar refractivity (Wildman–Crippen MR) is 65.7 cm³/mol. The van der Waals surface area contributed by atoms with Crippen molar-refractivity contribution in [3.63, 3.8) is 0 Å². The van der Waals surface area contributed by atoms with Gasteiger partial charge in [-0.2, -0.15) is 15.0 Å². The van der Waals surface area contributed by atoms with Crippen molar-refractivity contribution in [3.8, 4) is 11.4 Å². The number of hydrogen-bond donors (Lipinski definition) is 2. The average molecular weight is 245 g/mol. The second-order valence-electron chi connectivity index (χ2n) is 3.32. The Morgan fingerprint density at radius 1 is 1.22 bits per heavy atom. The molecule has 0 saturated heterocycles. The Kier molecular flexibility index (Phi) is 3.33. The molecule has 92 valence electrons. The van der Waals surface area contributed by atoms with Crippen LogP contribution >= 0.6 is 0 Å². The van der Waals surface area contributed by atoms with E-state index >= 15 is 0 Å². The lowest BCUT2D eigenvalue weighted by Gasteiger charge is -2.05. The molecular weight excluding hydrogens is 234 g/mol. The topological polar surface area (TPSA) is 103 Å². The van der Waals surface area contributed by atoms with Crippen molar-refractivity contribution in [1.29, 1.82) is 0 Å².